The van der Waals surface area contributed by atoms with Crippen molar-refractivity contribution in [2.24, 2.45) is 0 Å². The molecule has 0 saturated heterocycles. The van der Waals surface area contributed by atoms with Crippen LogP contribution in [0.5, 0.6) is 0 Å². The predicted molar refractivity (Wildman–Crippen MR) is 61.8 cm³/mol. The lowest BCUT2D eigenvalue weighted by Gasteiger charge is -2.03. The summed E-state index contributed by atoms with van der Waals surface area (Å²) in [6.45, 7) is 1.99. The molecule has 2 aromatic rings. The van der Waals surface area contributed by atoms with Crippen LogP contribution in [0.1, 0.15) is 11.3 Å². The Morgan fingerprint density at radius 1 is 1.36 bits per heavy atom. The van der Waals surface area contributed by atoms with Crippen molar-refractivity contribution in [2.45, 2.75) is 12.8 Å². The summed E-state index contributed by atoms with van der Waals surface area (Å²) in [4.78, 5) is 5.72. The Kier molecular flexibility index (Phi) is 2.85. The molecule has 2 rings (SSSR count). The predicted octanol–water partition coefficient (Wildman–Crippen LogP) is 3.86. The zero-order chi connectivity index (χ0) is 9.97. The zero-order valence-corrected chi connectivity index (χ0v) is 9.40. The second-order valence-corrected chi connectivity index (χ2v) is 4.27. The van der Waals surface area contributed by atoms with Crippen molar-refractivity contribution in [3.05, 3.63) is 40.9 Å². The van der Waals surface area contributed by atoms with E-state index in [1.54, 1.807) is 11.3 Å². The highest BCUT2D eigenvalue weighted by Gasteiger charge is 2.03. The van der Waals surface area contributed by atoms with Crippen LogP contribution in [0.3, 0.4) is 0 Å². The Hall–Kier alpha value is -0.860. The molecule has 0 spiro atoms. The minimum atomic E-state index is 0.531. The van der Waals surface area contributed by atoms with E-state index in [2.05, 4.69) is 16.4 Å². The van der Waals surface area contributed by atoms with Crippen LogP contribution in [-0.2, 0) is 5.88 Å². The van der Waals surface area contributed by atoms with Gasteiger partial charge in [0, 0.05) is 11.6 Å². The van der Waals surface area contributed by atoms with Gasteiger partial charge in [0.1, 0.15) is 0 Å². The quantitative estimate of drug-likeness (QED) is 0.705. The van der Waals surface area contributed by atoms with Crippen molar-refractivity contribution in [2.75, 3.05) is 0 Å². The third-order valence-electron chi connectivity index (χ3n) is 2.11. The van der Waals surface area contributed by atoms with E-state index < -0.39 is 0 Å². The van der Waals surface area contributed by atoms with Crippen LogP contribution in [-0.4, -0.2) is 4.98 Å². The fraction of sp³-hybridized carbons (Fsp3) is 0.182. The van der Waals surface area contributed by atoms with Crippen LogP contribution in [0.2, 0.25) is 0 Å². The van der Waals surface area contributed by atoms with Gasteiger partial charge in [-0.15, -0.1) is 22.9 Å². The van der Waals surface area contributed by atoms with Crippen LogP contribution in [0.4, 0.5) is 0 Å². The summed E-state index contributed by atoms with van der Waals surface area (Å²) in [6, 6.07) is 8.18. The SMILES string of the molecule is Cc1nc(-c2cccs2)ccc1CCl. The highest BCUT2D eigenvalue weighted by atomic mass is 35.5. The zero-order valence-electron chi connectivity index (χ0n) is 7.83. The normalized spacial score (nSPS) is 10.4. The van der Waals surface area contributed by atoms with Gasteiger partial charge in [-0.2, -0.15) is 0 Å². The summed E-state index contributed by atoms with van der Waals surface area (Å²) in [5.74, 6) is 0.531. The molecule has 0 atom stereocenters. The van der Waals surface area contributed by atoms with Gasteiger partial charge >= 0.3 is 0 Å². The molecule has 0 radical (unpaired) electrons. The molecule has 0 amide bonds. The first kappa shape index (κ1) is 9.69. The van der Waals surface area contributed by atoms with Crippen LogP contribution in [0.15, 0.2) is 29.6 Å². The molecule has 0 aliphatic heterocycles. The number of aryl methyl sites for hydroxylation is 1. The molecule has 0 aliphatic rings. The number of alkyl halides is 1. The number of pyridine rings is 1. The first-order valence-corrected chi connectivity index (χ1v) is 5.79. The van der Waals surface area contributed by atoms with Crippen molar-refractivity contribution in [3.63, 3.8) is 0 Å². The number of nitrogens with zero attached hydrogens (tertiary/aromatic N) is 1. The number of aromatic nitrogens is 1. The molecule has 2 heterocycles. The number of hydrogen-bond acceptors (Lipinski definition) is 2. The molecule has 0 aromatic carbocycles. The van der Waals surface area contributed by atoms with E-state index in [4.69, 9.17) is 11.6 Å². The van der Waals surface area contributed by atoms with Gasteiger partial charge < -0.3 is 0 Å². The molecule has 2 aromatic heterocycles. The number of thiophene rings is 1. The summed E-state index contributed by atoms with van der Waals surface area (Å²) in [5.41, 5.74) is 3.16. The van der Waals surface area contributed by atoms with Gasteiger partial charge in [0.05, 0.1) is 10.6 Å². The van der Waals surface area contributed by atoms with Crippen molar-refractivity contribution in [1.29, 1.82) is 0 Å². The smallest absolute Gasteiger partial charge is 0.0805 e. The molecule has 0 saturated carbocycles. The second-order valence-electron chi connectivity index (χ2n) is 3.05. The molecule has 72 valence electrons. The van der Waals surface area contributed by atoms with Gasteiger partial charge in [-0.05, 0) is 30.0 Å². The fourth-order valence-corrected chi connectivity index (χ4v) is 2.27. The molecule has 3 heteroatoms. The first-order valence-electron chi connectivity index (χ1n) is 4.37. The van der Waals surface area contributed by atoms with Crippen LogP contribution < -0.4 is 0 Å². The third-order valence-corrected chi connectivity index (χ3v) is 3.29. The largest absolute Gasteiger partial charge is 0.252 e. The maximum Gasteiger partial charge on any atom is 0.0805 e. The number of hydrogen-bond donors (Lipinski definition) is 0. The average Bonchev–Trinajstić information content (AvgIpc) is 2.70. The highest BCUT2D eigenvalue weighted by Crippen LogP contribution is 2.23. The molecule has 14 heavy (non-hydrogen) atoms. The summed E-state index contributed by atoms with van der Waals surface area (Å²) in [5, 5.41) is 2.06. The van der Waals surface area contributed by atoms with Crippen molar-refractivity contribution < 1.29 is 0 Å². The molecule has 0 N–H and O–H groups in total. The Bertz CT molecular complexity index is 423. The van der Waals surface area contributed by atoms with Crippen LogP contribution in [0, 0.1) is 6.92 Å². The lowest BCUT2D eigenvalue weighted by atomic mass is 10.2. The molecule has 0 unspecified atom stereocenters. The molecule has 1 nitrogen and oxygen atoms in total. The topological polar surface area (TPSA) is 12.9 Å². The fourth-order valence-electron chi connectivity index (χ4n) is 1.29. The van der Waals surface area contributed by atoms with E-state index in [0.717, 1.165) is 17.0 Å². The van der Waals surface area contributed by atoms with Gasteiger partial charge in [0.2, 0.25) is 0 Å². The van der Waals surface area contributed by atoms with E-state index in [0.29, 0.717) is 5.88 Å². The maximum atomic E-state index is 5.77. The molecule has 0 aliphatic carbocycles. The number of rotatable bonds is 2. The van der Waals surface area contributed by atoms with Gasteiger partial charge in [-0.25, -0.2) is 0 Å². The van der Waals surface area contributed by atoms with Gasteiger partial charge in [0.25, 0.3) is 0 Å². The van der Waals surface area contributed by atoms with E-state index in [9.17, 15) is 0 Å². The third kappa shape index (κ3) is 1.81. The molecular weight excluding hydrogens is 214 g/mol. The van der Waals surface area contributed by atoms with Crippen molar-refractivity contribution in [1.82, 2.24) is 4.98 Å². The summed E-state index contributed by atoms with van der Waals surface area (Å²) >= 11 is 7.47. The highest BCUT2D eigenvalue weighted by molar-refractivity contribution is 7.13. The number of halogens is 1. The van der Waals surface area contributed by atoms with Gasteiger partial charge in [0.15, 0.2) is 0 Å². The molecule has 0 fully saturated rings. The Morgan fingerprint density at radius 2 is 2.21 bits per heavy atom. The van der Waals surface area contributed by atoms with E-state index in [1.165, 1.54) is 4.88 Å². The second kappa shape index (κ2) is 4.11. The lowest BCUT2D eigenvalue weighted by Crippen LogP contribution is -1.90. The lowest BCUT2D eigenvalue weighted by molar-refractivity contribution is 1.14. The van der Waals surface area contributed by atoms with Gasteiger partial charge in [-0.3, -0.25) is 4.98 Å². The van der Waals surface area contributed by atoms with Crippen LogP contribution in [0.25, 0.3) is 10.6 Å². The minimum Gasteiger partial charge on any atom is -0.252 e. The van der Waals surface area contributed by atoms with Crippen LogP contribution >= 0.6 is 22.9 Å². The Morgan fingerprint density at radius 3 is 2.79 bits per heavy atom. The Labute approximate surface area is 92.4 Å². The Balaban J connectivity index is 2.43. The molecular formula is C11H10ClNS. The summed E-state index contributed by atoms with van der Waals surface area (Å²) < 4.78 is 0. The summed E-state index contributed by atoms with van der Waals surface area (Å²) in [6.07, 6.45) is 0. The van der Waals surface area contributed by atoms with Gasteiger partial charge in [-0.1, -0.05) is 12.1 Å². The van der Waals surface area contributed by atoms with E-state index in [-0.39, 0.29) is 0 Å². The standard InChI is InChI=1S/C11H10ClNS/c1-8-9(7-12)4-5-10(13-8)11-3-2-6-14-11/h2-6H,7H2,1H3. The average molecular weight is 224 g/mol. The summed E-state index contributed by atoms with van der Waals surface area (Å²) in [7, 11) is 0. The minimum absolute atomic E-state index is 0.531. The van der Waals surface area contributed by atoms with Crippen molar-refractivity contribution in [3.8, 4) is 10.6 Å². The molecule has 0 bridgehead atoms. The van der Waals surface area contributed by atoms with E-state index >= 15 is 0 Å². The monoisotopic (exact) mass is 223 g/mol. The van der Waals surface area contributed by atoms with E-state index in [1.807, 2.05) is 25.1 Å². The van der Waals surface area contributed by atoms with Crippen molar-refractivity contribution >= 4 is 22.9 Å². The first-order chi connectivity index (χ1) is 6.81. The maximum absolute atomic E-state index is 5.77.